The summed E-state index contributed by atoms with van der Waals surface area (Å²) < 4.78 is 5.88. The number of pyridine rings is 1. The number of thiophene rings is 1. The molecular formula is C29H25N5O4S. The highest BCUT2D eigenvalue weighted by Gasteiger charge is 2.34. The molecule has 0 saturated heterocycles. The largest absolute Gasteiger partial charge is 0.457 e. The number of carbonyl (C=O) groups excluding carboxylic acids is 3. The average molecular weight is 540 g/mol. The summed E-state index contributed by atoms with van der Waals surface area (Å²) in [6.45, 7) is 3.48. The lowest BCUT2D eigenvalue weighted by Gasteiger charge is -2.28. The Kier molecular flexibility index (Phi) is 6.45. The molecule has 0 spiro atoms. The molecule has 1 saturated carbocycles. The van der Waals surface area contributed by atoms with Crippen LogP contribution in [-0.2, 0) is 4.79 Å². The van der Waals surface area contributed by atoms with E-state index in [1.807, 2.05) is 54.6 Å². The minimum absolute atomic E-state index is 0.00688. The Labute approximate surface area is 228 Å². The van der Waals surface area contributed by atoms with Gasteiger partial charge in [-0.2, -0.15) is 0 Å². The number of carbonyl (C=O) groups is 3. The quantitative estimate of drug-likeness (QED) is 0.260. The van der Waals surface area contributed by atoms with E-state index in [1.54, 1.807) is 17.2 Å². The topological polar surface area (TPSA) is 113 Å². The van der Waals surface area contributed by atoms with Gasteiger partial charge in [-0.1, -0.05) is 24.8 Å². The average Bonchev–Trinajstić information content (AvgIpc) is 3.55. The van der Waals surface area contributed by atoms with E-state index in [0.29, 0.717) is 38.9 Å². The van der Waals surface area contributed by atoms with Crippen molar-refractivity contribution in [2.24, 2.45) is 0 Å². The van der Waals surface area contributed by atoms with Crippen molar-refractivity contribution in [2.75, 3.05) is 10.2 Å². The summed E-state index contributed by atoms with van der Waals surface area (Å²) in [6, 6.07) is 18.0. The van der Waals surface area contributed by atoms with Gasteiger partial charge in [0.2, 0.25) is 5.91 Å². The van der Waals surface area contributed by atoms with Crippen LogP contribution in [0.15, 0.2) is 79.5 Å². The van der Waals surface area contributed by atoms with Crippen molar-refractivity contribution in [3.63, 3.8) is 0 Å². The second kappa shape index (κ2) is 10.2. The fraction of sp³-hybridized carbons (Fsp3) is 0.172. The maximum absolute atomic E-state index is 13.4. The van der Waals surface area contributed by atoms with Crippen LogP contribution in [-0.4, -0.2) is 34.9 Å². The van der Waals surface area contributed by atoms with Gasteiger partial charge >= 0.3 is 6.03 Å². The number of rotatable bonds is 7. The van der Waals surface area contributed by atoms with Crippen LogP contribution in [0.1, 0.15) is 28.9 Å². The van der Waals surface area contributed by atoms with Crippen LogP contribution in [0.2, 0.25) is 0 Å². The summed E-state index contributed by atoms with van der Waals surface area (Å²) in [6.07, 6.45) is 5.05. The van der Waals surface area contributed by atoms with Crippen LogP contribution in [0.4, 0.5) is 21.9 Å². The molecule has 0 radical (unpaired) electrons. The fourth-order valence-corrected chi connectivity index (χ4v) is 6.07. The number of anilines is 3. The molecule has 0 bridgehead atoms. The Balaban J connectivity index is 1.24. The molecule has 1 aliphatic heterocycles. The zero-order valence-electron chi connectivity index (χ0n) is 20.8. The molecule has 10 heteroatoms. The third-order valence-corrected chi connectivity index (χ3v) is 7.92. The smallest absolute Gasteiger partial charge is 0.331 e. The van der Waals surface area contributed by atoms with Crippen LogP contribution < -0.4 is 25.6 Å². The minimum atomic E-state index is -0.368. The monoisotopic (exact) mass is 539 g/mol. The summed E-state index contributed by atoms with van der Waals surface area (Å²) in [5, 5.41) is 9.60. The highest BCUT2D eigenvalue weighted by atomic mass is 32.1. The molecule has 39 heavy (non-hydrogen) atoms. The van der Waals surface area contributed by atoms with Gasteiger partial charge in [-0.3, -0.25) is 14.5 Å². The van der Waals surface area contributed by atoms with Crippen molar-refractivity contribution in [1.82, 2.24) is 15.6 Å². The molecule has 9 nitrogen and oxygen atoms in total. The van der Waals surface area contributed by atoms with Gasteiger partial charge in [0, 0.05) is 18.3 Å². The SMILES string of the molecule is C=CC(=O)N[C@@H]1CC[C@@H](NC(=O)c2sc3nccc4c3c2NC(=O)N4c2ccc(Oc3ccccc3)cc2)C1. The lowest BCUT2D eigenvalue weighted by molar-refractivity contribution is -0.117. The van der Waals surface area contributed by atoms with Crippen molar-refractivity contribution < 1.29 is 19.1 Å². The molecule has 2 aliphatic rings. The van der Waals surface area contributed by atoms with E-state index in [-0.39, 0.29) is 29.9 Å². The third kappa shape index (κ3) is 4.82. The first kappa shape index (κ1) is 24.6. The van der Waals surface area contributed by atoms with E-state index in [9.17, 15) is 14.4 Å². The van der Waals surface area contributed by atoms with E-state index in [4.69, 9.17) is 4.74 Å². The van der Waals surface area contributed by atoms with E-state index < -0.39 is 0 Å². The number of ether oxygens (including phenoxy) is 1. The molecule has 4 aromatic rings. The summed E-state index contributed by atoms with van der Waals surface area (Å²) in [7, 11) is 0. The lowest BCUT2D eigenvalue weighted by Crippen LogP contribution is -2.37. The second-order valence-corrected chi connectivity index (χ2v) is 10.4. The van der Waals surface area contributed by atoms with Gasteiger partial charge in [0.05, 0.1) is 22.4 Å². The van der Waals surface area contributed by atoms with Gasteiger partial charge in [0.15, 0.2) is 0 Å². The van der Waals surface area contributed by atoms with Gasteiger partial charge < -0.3 is 20.7 Å². The molecule has 6 rings (SSSR count). The van der Waals surface area contributed by atoms with E-state index in [0.717, 1.165) is 24.0 Å². The number of para-hydroxylation sites is 1. The van der Waals surface area contributed by atoms with Crippen molar-refractivity contribution in [2.45, 2.75) is 31.3 Å². The van der Waals surface area contributed by atoms with Gasteiger partial charge in [-0.05, 0) is 67.8 Å². The Morgan fingerprint density at radius 3 is 2.49 bits per heavy atom. The Morgan fingerprint density at radius 2 is 1.74 bits per heavy atom. The van der Waals surface area contributed by atoms with Gasteiger partial charge in [0.25, 0.3) is 5.91 Å². The lowest BCUT2D eigenvalue weighted by atomic mass is 10.1. The summed E-state index contributed by atoms with van der Waals surface area (Å²) in [5.74, 6) is 0.886. The zero-order chi connectivity index (χ0) is 26.9. The normalized spacial score (nSPS) is 17.9. The van der Waals surface area contributed by atoms with Gasteiger partial charge in [-0.15, -0.1) is 11.3 Å². The van der Waals surface area contributed by atoms with Crippen molar-refractivity contribution in [3.8, 4) is 11.5 Å². The van der Waals surface area contributed by atoms with Crippen LogP contribution >= 0.6 is 11.3 Å². The molecule has 1 aliphatic carbocycles. The van der Waals surface area contributed by atoms with Crippen molar-refractivity contribution in [3.05, 3.63) is 84.4 Å². The molecule has 196 valence electrons. The van der Waals surface area contributed by atoms with E-state index in [2.05, 4.69) is 27.5 Å². The molecule has 3 N–H and O–H groups in total. The van der Waals surface area contributed by atoms with Crippen LogP contribution in [0.3, 0.4) is 0 Å². The second-order valence-electron chi connectivity index (χ2n) is 9.38. The molecule has 1 fully saturated rings. The molecule has 2 aromatic carbocycles. The maximum Gasteiger partial charge on any atom is 0.331 e. The Morgan fingerprint density at radius 1 is 1.03 bits per heavy atom. The molecule has 2 atom stereocenters. The first-order chi connectivity index (χ1) is 19.0. The molecule has 0 unspecified atom stereocenters. The number of nitrogens with one attached hydrogen (secondary N) is 3. The highest BCUT2D eigenvalue weighted by Crippen LogP contribution is 2.46. The first-order valence-electron chi connectivity index (χ1n) is 12.6. The third-order valence-electron chi connectivity index (χ3n) is 6.83. The number of aromatic nitrogens is 1. The van der Waals surface area contributed by atoms with Crippen LogP contribution in [0, 0.1) is 0 Å². The van der Waals surface area contributed by atoms with Crippen LogP contribution in [0.25, 0.3) is 10.2 Å². The summed E-state index contributed by atoms with van der Waals surface area (Å²) >= 11 is 1.24. The summed E-state index contributed by atoms with van der Waals surface area (Å²) in [5.41, 5.74) is 1.77. The molecule has 2 aromatic heterocycles. The number of hydrogen-bond donors (Lipinski definition) is 3. The van der Waals surface area contributed by atoms with E-state index >= 15 is 0 Å². The predicted molar refractivity (Wildman–Crippen MR) is 151 cm³/mol. The minimum Gasteiger partial charge on any atom is -0.457 e. The predicted octanol–water partition coefficient (Wildman–Crippen LogP) is 5.73. The van der Waals surface area contributed by atoms with E-state index in [1.165, 1.54) is 17.4 Å². The standard InChI is InChI=1S/C29H25N5O4S/c1-2-23(35)31-17-8-9-18(16-17)32-27(36)26-25-24-22(14-15-30-28(24)39-26)34(29(37)33-25)19-10-12-21(13-11-19)38-20-6-4-3-5-7-20/h2-7,10-15,17-18H,1,8-9,16H2,(H,31,35)(H,32,36)(H,33,37)/t17-,18-/m1/s1. The number of benzene rings is 2. The van der Waals surface area contributed by atoms with Crippen molar-refractivity contribution in [1.29, 1.82) is 0 Å². The number of amides is 4. The molecule has 3 heterocycles. The number of urea groups is 1. The number of hydrogen-bond acceptors (Lipinski definition) is 6. The molecular weight excluding hydrogens is 514 g/mol. The van der Waals surface area contributed by atoms with Gasteiger partial charge in [-0.25, -0.2) is 9.78 Å². The Bertz CT molecular complexity index is 1580. The highest BCUT2D eigenvalue weighted by molar-refractivity contribution is 7.21. The number of nitrogens with zero attached hydrogens (tertiary/aromatic N) is 2. The Hall–Kier alpha value is -4.70. The van der Waals surface area contributed by atoms with Crippen molar-refractivity contribution >= 4 is 56.5 Å². The van der Waals surface area contributed by atoms with Gasteiger partial charge in [0.1, 0.15) is 21.2 Å². The fourth-order valence-electron chi connectivity index (χ4n) is 5.04. The zero-order valence-corrected chi connectivity index (χ0v) is 21.7. The van der Waals surface area contributed by atoms with Crippen LogP contribution in [0.5, 0.6) is 11.5 Å². The maximum atomic E-state index is 13.4. The molecule has 4 amide bonds. The summed E-state index contributed by atoms with van der Waals surface area (Å²) in [4.78, 5) is 45.4. The first-order valence-corrected chi connectivity index (χ1v) is 13.4.